The van der Waals surface area contributed by atoms with Crippen molar-refractivity contribution in [2.24, 2.45) is 0 Å². The number of rotatable bonds is 6. The number of hydrogen-bond donors (Lipinski definition) is 2. The van der Waals surface area contributed by atoms with E-state index in [-0.39, 0.29) is 22.7 Å². The molecule has 0 aliphatic rings. The van der Waals surface area contributed by atoms with E-state index < -0.39 is 24.8 Å². The summed E-state index contributed by atoms with van der Waals surface area (Å²) in [4.78, 5) is 21.3. The van der Waals surface area contributed by atoms with Crippen LogP contribution in [0.2, 0.25) is 0 Å². The van der Waals surface area contributed by atoms with Crippen molar-refractivity contribution in [1.29, 1.82) is 0 Å². The first-order valence-electron chi connectivity index (χ1n) is 9.09. The van der Waals surface area contributed by atoms with Crippen LogP contribution in [-0.2, 0) is 13.0 Å². The zero-order valence-electron chi connectivity index (χ0n) is 16.3. The third-order valence-electron chi connectivity index (χ3n) is 4.65. The molecule has 1 atom stereocenters. The Bertz CT molecular complexity index is 1050. The number of anilines is 1. The Kier molecular flexibility index (Phi) is 5.65. The number of nitrogens with one attached hydrogen (secondary N) is 1. The summed E-state index contributed by atoms with van der Waals surface area (Å²) in [5.74, 6) is 0.337. The number of aliphatic hydroxyl groups is 1. The van der Waals surface area contributed by atoms with Crippen LogP contribution in [0.4, 0.5) is 19.1 Å². The van der Waals surface area contributed by atoms with Gasteiger partial charge in [-0.15, -0.1) is 0 Å². The lowest BCUT2D eigenvalue weighted by atomic mass is 10.0. The summed E-state index contributed by atoms with van der Waals surface area (Å²) < 4.78 is 39.4. The van der Waals surface area contributed by atoms with Crippen molar-refractivity contribution in [2.45, 2.75) is 38.6 Å². The number of fused-ring (bicyclic) bond motifs is 1. The molecule has 3 aromatic rings. The van der Waals surface area contributed by atoms with Gasteiger partial charge in [-0.2, -0.15) is 23.3 Å². The Morgan fingerprint density at radius 3 is 2.41 bits per heavy atom. The van der Waals surface area contributed by atoms with Gasteiger partial charge in [-0.25, -0.2) is 4.68 Å². The molecule has 3 rings (SSSR count). The summed E-state index contributed by atoms with van der Waals surface area (Å²) in [6.07, 6.45) is -4.70. The van der Waals surface area contributed by atoms with Crippen molar-refractivity contribution >= 4 is 17.0 Å². The van der Waals surface area contributed by atoms with Gasteiger partial charge in [0.2, 0.25) is 5.95 Å². The van der Waals surface area contributed by atoms with Crippen molar-refractivity contribution in [2.75, 3.05) is 19.0 Å². The van der Waals surface area contributed by atoms with Crippen LogP contribution in [0.3, 0.4) is 0 Å². The first-order chi connectivity index (χ1) is 13.6. The molecule has 29 heavy (non-hydrogen) atoms. The lowest BCUT2D eigenvalue weighted by Crippen LogP contribution is -2.20. The predicted octanol–water partition coefficient (Wildman–Crippen LogP) is 2.78. The molecular weight excluding hydrogens is 387 g/mol. The normalized spacial score (nSPS) is 13.1. The van der Waals surface area contributed by atoms with Crippen LogP contribution in [0.15, 0.2) is 29.1 Å². The Morgan fingerprint density at radius 2 is 1.90 bits per heavy atom. The predicted molar refractivity (Wildman–Crippen MR) is 103 cm³/mol. The summed E-state index contributed by atoms with van der Waals surface area (Å²) in [6, 6.07) is 5.77. The molecule has 2 heterocycles. The highest BCUT2D eigenvalue weighted by molar-refractivity contribution is 5.78. The van der Waals surface area contributed by atoms with Crippen molar-refractivity contribution in [1.82, 2.24) is 19.7 Å². The molecule has 0 bridgehead atoms. The maximum absolute atomic E-state index is 12.6. The van der Waals surface area contributed by atoms with E-state index in [1.807, 2.05) is 6.92 Å². The van der Waals surface area contributed by atoms with Gasteiger partial charge in [0, 0.05) is 14.1 Å². The lowest BCUT2D eigenvalue weighted by Gasteiger charge is -2.18. The second-order valence-corrected chi connectivity index (χ2v) is 6.99. The van der Waals surface area contributed by atoms with E-state index in [0.717, 1.165) is 5.56 Å². The number of aromatic amines is 1. The minimum Gasteiger partial charge on any atom is -0.390 e. The molecule has 7 nitrogen and oxygen atoms in total. The van der Waals surface area contributed by atoms with E-state index in [9.17, 15) is 23.1 Å². The van der Waals surface area contributed by atoms with Gasteiger partial charge in [0.25, 0.3) is 5.56 Å². The Hall–Kier alpha value is -2.88. The molecule has 0 spiro atoms. The minimum absolute atomic E-state index is 0.168. The molecule has 2 N–H and O–H groups in total. The zero-order chi connectivity index (χ0) is 21.3. The van der Waals surface area contributed by atoms with Crippen molar-refractivity contribution in [3.8, 4) is 0 Å². The highest BCUT2D eigenvalue weighted by atomic mass is 19.4. The second-order valence-electron chi connectivity index (χ2n) is 6.99. The van der Waals surface area contributed by atoms with E-state index in [0.29, 0.717) is 18.0 Å². The summed E-state index contributed by atoms with van der Waals surface area (Å²) in [6.45, 7) is 1.47. The molecule has 0 amide bonds. The molecule has 1 aromatic carbocycles. The highest BCUT2D eigenvalue weighted by Crippen LogP contribution is 2.28. The van der Waals surface area contributed by atoms with Gasteiger partial charge in [0.1, 0.15) is 11.1 Å². The van der Waals surface area contributed by atoms with Gasteiger partial charge in [-0.05, 0) is 17.5 Å². The van der Waals surface area contributed by atoms with Crippen LogP contribution in [0.5, 0.6) is 0 Å². The average molecular weight is 409 g/mol. The molecule has 156 valence electrons. The first kappa shape index (κ1) is 20.8. The monoisotopic (exact) mass is 409 g/mol. The van der Waals surface area contributed by atoms with Crippen molar-refractivity contribution < 1.29 is 18.3 Å². The van der Waals surface area contributed by atoms with E-state index in [1.165, 1.54) is 12.1 Å². The number of alkyl halides is 3. The van der Waals surface area contributed by atoms with Gasteiger partial charge in [-0.3, -0.25) is 9.78 Å². The first-order valence-corrected chi connectivity index (χ1v) is 9.09. The quantitative estimate of drug-likeness (QED) is 0.654. The fraction of sp³-hybridized carbons (Fsp3) is 0.421. The van der Waals surface area contributed by atoms with E-state index >= 15 is 0 Å². The number of H-pyrrole nitrogens is 1. The minimum atomic E-state index is -4.27. The average Bonchev–Trinajstić information content (AvgIpc) is 3.01. The SMILES string of the molecule is CC[C@H](c1ccc(CC(F)(F)F)cc1)n1nc(CO)c2c(=O)[nH]c(N(C)C)nc21. The van der Waals surface area contributed by atoms with E-state index in [1.54, 1.807) is 35.8 Å². The molecule has 0 aliphatic carbocycles. The fourth-order valence-corrected chi connectivity index (χ4v) is 3.28. The second kappa shape index (κ2) is 7.86. The van der Waals surface area contributed by atoms with Gasteiger partial charge in [0.05, 0.1) is 19.1 Å². The summed E-state index contributed by atoms with van der Waals surface area (Å²) in [7, 11) is 3.46. The van der Waals surface area contributed by atoms with Crippen LogP contribution in [0.1, 0.15) is 36.2 Å². The topological polar surface area (TPSA) is 87.0 Å². The number of hydrogen-bond acceptors (Lipinski definition) is 5. The van der Waals surface area contributed by atoms with Gasteiger partial charge in [-0.1, -0.05) is 31.2 Å². The molecule has 0 aliphatic heterocycles. The smallest absolute Gasteiger partial charge is 0.390 e. The molecule has 0 saturated heterocycles. The third-order valence-corrected chi connectivity index (χ3v) is 4.65. The lowest BCUT2D eigenvalue weighted by molar-refractivity contribution is -0.127. The maximum Gasteiger partial charge on any atom is 0.393 e. The summed E-state index contributed by atoms with van der Waals surface area (Å²) in [5.41, 5.74) is 1.01. The van der Waals surface area contributed by atoms with Gasteiger partial charge >= 0.3 is 6.18 Å². The van der Waals surface area contributed by atoms with E-state index in [4.69, 9.17) is 0 Å². The molecule has 0 radical (unpaired) electrons. The van der Waals surface area contributed by atoms with Crippen LogP contribution in [0.25, 0.3) is 11.0 Å². The molecule has 2 aromatic heterocycles. The van der Waals surface area contributed by atoms with Crippen LogP contribution in [-0.4, -0.2) is 45.1 Å². The largest absolute Gasteiger partial charge is 0.393 e. The number of nitrogens with zero attached hydrogens (tertiary/aromatic N) is 4. The molecular formula is C19H22F3N5O2. The van der Waals surface area contributed by atoms with Crippen molar-refractivity contribution in [3.05, 3.63) is 51.4 Å². The highest BCUT2D eigenvalue weighted by Gasteiger charge is 2.28. The van der Waals surface area contributed by atoms with Crippen molar-refractivity contribution in [3.63, 3.8) is 0 Å². The van der Waals surface area contributed by atoms with Crippen LogP contribution < -0.4 is 10.5 Å². The molecule has 10 heteroatoms. The van der Waals surface area contributed by atoms with Crippen LogP contribution in [0, 0.1) is 0 Å². The number of benzene rings is 1. The fourth-order valence-electron chi connectivity index (χ4n) is 3.28. The standard InChI is InChI=1S/C19H22F3N5O2/c1-4-14(12-7-5-11(6-8-12)9-19(20,21)22)27-16-15(13(10-28)25-27)17(29)24-18(23-16)26(2)3/h5-8,14,28H,4,9-10H2,1-3H3,(H,23,24,29)/t14-/m1/s1. The van der Waals surface area contributed by atoms with Gasteiger partial charge in [0.15, 0.2) is 5.65 Å². The molecule has 0 unspecified atom stereocenters. The number of aromatic nitrogens is 4. The Labute approximate surface area is 164 Å². The van der Waals surface area contributed by atoms with Crippen LogP contribution >= 0.6 is 0 Å². The molecule has 0 fully saturated rings. The number of aliphatic hydroxyl groups excluding tert-OH is 1. The maximum atomic E-state index is 12.6. The Morgan fingerprint density at radius 1 is 1.24 bits per heavy atom. The summed E-state index contributed by atoms with van der Waals surface area (Å²) in [5, 5.41) is 14.2. The number of halogens is 3. The molecule has 0 saturated carbocycles. The zero-order valence-corrected chi connectivity index (χ0v) is 16.3. The Balaban J connectivity index is 2.11. The van der Waals surface area contributed by atoms with E-state index in [2.05, 4.69) is 15.1 Å². The van der Waals surface area contributed by atoms with Gasteiger partial charge < -0.3 is 10.0 Å². The summed E-state index contributed by atoms with van der Waals surface area (Å²) >= 11 is 0. The third kappa shape index (κ3) is 4.26.